The SMILES string of the molecule is CCCn1c(=O)c2[nH]c(-c3ccc(COC(=O)Nc4cnccn4)cc3)cc2n(CCC)c1=O. The fraction of sp³-hybridized carbons (Fsp3) is 0.292. The van der Waals surface area contributed by atoms with Crippen LogP contribution in [-0.4, -0.2) is 30.2 Å². The third-order valence-electron chi connectivity index (χ3n) is 5.33. The average molecular weight is 463 g/mol. The van der Waals surface area contributed by atoms with E-state index in [1.807, 2.05) is 44.2 Å². The zero-order chi connectivity index (χ0) is 24.1. The predicted octanol–water partition coefficient (Wildman–Crippen LogP) is 3.52. The second-order valence-electron chi connectivity index (χ2n) is 7.82. The Morgan fingerprint density at radius 2 is 1.79 bits per heavy atom. The average Bonchev–Trinajstić information content (AvgIpc) is 3.30. The summed E-state index contributed by atoms with van der Waals surface area (Å²) in [7, 11) is 0. The molecule has 0 aliphatic carbocycles. The second-order valence-corrected chi connectivity index (χ2v) is 7.82. The molecule has 0 aliphatic rings. The van der Waals surface area contributed by atoms with E-state index in [9.17, 15) is 14.4 Å². The topological polar surface area (TPSA) is 124 Å². The highest BCUT2D eigenvalue weighted by molar-refractivity contribution is 5.83. The molecule has 0 bridgehead atoms. The van der Waals surface area contributed by atoms with Crippen molar-refractivity contribution in [3.05, 3.63) is 75.3 Å². The van der Waals surface area contributed by atoms with E-state index in [1.54, 1.807) is 4.57 Å². The number of aryl methyl sites for hydroxylation is 1. The molecule has 4 aromatic rings. The molecule has 0 spiro atoms. The minimum Gasteiger partial charge on any atom is -0.444 e. The summed E-state index contributed by atoms with van der Waals surface area (Å²) in [5.41, 5.74) is 2.82. The maximum Gasteiger partial charge on any atom is 0.413 e. The first-order valence-corrected chi connectivity index (χ1v) is 11.2. The minimum absolute atomic E-state index is 0.0802. The molecule has 34 heavy (non-hydrogen) atoms. The zero-order valence-corrected chi connectivity index (χ0v) is 19.1. The maximum atomic E-state index is 12.9. The van der Waals surface area contributed by atoms with Gasteiger partial charge in [-0.15, -0.1) is 0 Å². The molecule has 4 rings (SSSR count). The quantitative estimate of drug-likeness (QED) is 0.413. The van der Waals surface area contributed by atoms with Crippen LogP contribution < -0.4 is 16.6 Å². The molecule has 0 fully saturated rings. The molecule has 0 saturated heterocycles. The van der Waals surface area contributed by atoms with Gasteiger partial charge < -0.3 is 9.72 Å². The summed E-state index contributed by atoms with van der Waals surface area (Å²) in [4.78, 5) is 48.8. The van der Waals surface area contributed by atoms with E-state index >= 15 is 0 Å². The number of carbonyl (C=O) groups is 1. The van der Waals surface area contributed by atoms with Gasteiger partial charge in [0.15, 0.2) is 5.82 Å². The molecule has 10 nitrogen and oxygen atoms in total. The first-order chi connectivity index (χ1) is 16.5. The Labute approximate surface area is 195 Å². The molecule has 3 heterocycles. The smallest absolute Gasteiger partial charge is 0.413 e. The highest BCUT2D eigenvalue weighted by atomic mass is 16.5. The molecule has 0 unspecified atom stereocenters. The zero-order valence-electron chi connectivity index (χ0n) is 19.1. The Hall–Kier alpha value is -4.21. The van der Waals surface area contributed by atoms with Crippen molar-refractivity contribution in [3.63, 3.8) is 0 Å². The summed E-state index contributed by atoms with van der Waals surface area (Å²) >= 11 is 0. The van der Waals surface area contributed by atoms with Crippen LogP contribution in [0.25, 0.3) is 22.3 Å². The van der Waals surface area contributed by atoms with Gasteiger partial charge in [-0.25, -0.2) is 14.6 Å². The molecular weight excluding hydrogens is 436 g/mol. The predicted molar refractivity (Wildman–Crippen MR) is 129 cm³/mol. The van der Waals surface area contributed by atoms with Gasteiger partial charge in [-0.1, -0.05) is 38.1 Å². The number of aromatic nitrogens is 5. The fourth-order valence-corrected chi connectivity index (χ4v) is 3.74. The lowest BCUT2D eigenvalue weighted by Crippen LogP contribution is -2.39. The van der Waals surface area contributed by atoms with Crippen molar-refractivity contribution in [3.8, 4) is 11.3 Å². The Bertz CT molecular complexity index is 1400. The number of benzene rings is 1. The lowest BCUT2D eigenvalue weighted by atomic mass is 10.1. The lowest BCUT2D eigenvalue weighted by Gasteiger charge is -2.10. The van der Waals surface area contributed by atoms with Crippen LogP contribution in [-0.2, 0) is 24.4 Å². The lowest BCUT2D eigenvalue weighted by molar-refractivity contribution is 0.155. The highest BCUT2D eigenvalue weighted by Crippen LogP contribution is 2.23. The summed E-state index contributed by atoms with van der Waals surface area (Å²) in [6, 6.07) is 9.26. The Balaban J connectivity index is 1.54. The number of nitrogens with one attached hydrogen (secondary N) is 2. The maximum absolute atomic E-state index is 12.9. The van der Waals surface area contributed by atoms with Gasteiger partial charge >= 0.3 is 11.8 Å². The van der Waals surface area contributed by atoms with Crippen LogP contribution in [0, 0.1) is 0 Å². The molecule has 0 saturated carbocycles. The molecule has 2 N–H and O–H groups in total. The van der Waals surface area contributed by atoms with Crippen molar-refractivity contribution in [1.29, 1.82) is 0 Å². The number of fused-ring (bicyclic) bond motifs is 1. The van der Waals surface area contributed by atoms with Gasteiger partial charge in [0.05, 0.1) is 11.7 Å². The van der Waals surface area contributed by atoms with Crippen LogP contribution in [0.1, 0.15) is 32.3 Å². The van der Waals surface area contributed by atoms with Crippen LogP contribution in [0.5, 0.6) is 0 Å². The number of hydrogen-bond donors (Lipinski definition) is 2. The van der Waals surface area contributed by atoms with E-state index in [0.717, 1.165) is 23.2 Å². The number of amides is 1. The molecule has 10 heteroatoms. The first-order valence-electron chi connectivity index (χ1n) is 11.2. The number of rotatable bonds is 8. The molecule has 3 aromatic heterocycles. The number of ether oxygens (including phenoxy) is 1. The van der Waals surface area contributed by atoms with E-state index < -0.39 is 6.09 Å². The normalized spacial score (nSPS) is 11.0. The summed E-state index contributed by atoms with van der Waals surface area (Å²) in [5.74, 6) is 0.307. The molecule has 0 atom stereocenters. The number of nitrogens with zero attached hydrogens (tertiary/aromatic N) is 4. The summed E-state index contributed by atoms with van der Waals surface area (Å²) in [6.45, 7) is 4.92. The summed E-state index contributed by atoms with van der Waals surface area (Å²) in [6.07, 6.45) is 5.25. The Morgan fingerprint density at radius 1 is 1.06 bits per heavy atom. The van der Waals surface area contributed by atoms with Crippen LogP contribution in [0.3, 0.4) is 0 Å². The number of aromatic amines is 1. The van der Waals surface area contributed by atoms with Crippen LogP contribution >= 0.6 is 0 Å². The standard InChI is InChI=1S/C24H26N6O4/c1-3-11-29-19-13-18(27-21(19)22(31)30(12-4-2)24(29)33)17-7-5-16(6-8-17)15-34-23(32)28-20-14-25-9-10-26-20/h5-10,13-14,27H,3-4,11-12,15H2,1-2H3,(H,26,28,32). The minimum atomic E-state index is -0.627. The van der Waals surface area contributed by atoms with Gasteiger partial charge in [-0.2, -0.15) is 0 Å². The van der Waals surface area contributed by atoms with Gasteiger partial charge in [0, 0.05) is 31.2 Å². The number of carbonyl (C=O) groups excluding carboxylic acids is 1. The van der Waals surface area contributed by atoms with Gasteiger partial charge in [0.2, 0.25) is 0 Å². The van der Waals surface area contributed by atoms with Crippen LogP contribution in [0.2, 0.25) is 0 Å². The largest absolute Gasteiger partial charge is 0.444 e. The van der Waals surface area contributed by atoms with Crippen molar-refractivity contribution in [2.75, 3.05) is 5.32 Å². The van der Waals surface area contributed by atoms with Crippen LogP contribution in [0.4, 0.5) is 10.6 Å². The molecular formula is C24H26N6O4. The number of H-pyrrole nitrogens is 1. The Morgan fingerprint density at radius 3 is 2.47 bits per heavy atom. The van der Waals surface area contributed by atoms with E-state index in [2.05, 4.69) is 20.3 Å². The summed E-state index contributed by atoms with van der Waals surface area (Å²) < 4.78 is 8.18. The van der Waals surface area contributed by atoms with Gasteiger partial charge in [0.1, 0.15) is 12.1 Å². The third-order valence-corrected chi connectivity index (χ3v) is 5.33. The molecule has 1 aromatic carbocycles. The highest BCUT2D eigenvalue weighted by Gasteiger charge is 2.16. The van der Waals surface area contributed by atoms with Gasteiger partial charge in [0.25, 0.3) is 5.56 Å². The van der Waals surface area contributed by atoms with E-state index in [-0.39, 0.29) is 17.9 Å². The number of hydrogen-bond acceptors (Lipinski definition) is 6. The van der Waals surface area contributed by atoms with Gasteiger partial charge in [-0.3, -0.25) is 24.2 Å². The molecule has 0 aliphatic heterocycles. The Kier molecular flexibility index (Phi) is 6.86. The van der Waals surface area contributed by atoms with Crippen molar-refractivity contribution in [2.24, 2.45) is 0 Å². The van der Waals surface area contributed by atoms with Crippen molar-refractivity contribution in [2.45, 2.75) is 46.4 Å². The van der Waals surface area contributed by atoms with Gasteiger partial charge in [-0.05, 0) is 30.0 Å². The first kappa shape index (κ1) is 23.0. The second kappa shape index (κ2) is 10.2. The monoisotopic (exact) mass is 462 g/mol. The van der Waals surface area contributed by atoms with Crippen molar-refractivity contribution in [1.82, 2.24) is 24.1 Å². The number of anilines is 1. The van der Waals surface area contributed by atoms with E-state index in [4.69, 9.17) is 4.74 Å². The van der Waals surface area contributed by atoms with Crippen molar-refractivity contribution < 1.29 is 9.53 Å². The molecule has 176 valence electrons. The molecule has 1 amide bonds. The van der Waals surface area contributed by atoms with E-state index in [1.165, 1.54) is 23.2 Å². The summed E-state index contributed by atoms with van der Waals surface area (Å²) in [5, 5.41) is 2.50. The fourth-order valence-electron chi connectivity index (χ4n) is 3.74. The van der Waals surface area contributed by atoms with Crippen molar-refractivity contribution >= 4 is 22.9 Å². The molecule has 0 radical (unpaired) electrons. The van der Waals surface area contributed by atoms with E-state index in [0.29, 0.717) is 36.4 Å². The van der Waals surface area contributed by atoms with Crippen LogP contribution in [0.15, 0.2) is 58.5 Å². The third kappa shape index (κ3) is 4.75.